The van der Waals surface area contributed by atoms with Crippen LogP contribution in [0.15, 0.2) is 91.0 Å². The van der Waals surface area contributed by atoms with Crippen molar-refractivity contribution in [2.24, 2.45) is 0 Å². The molecule has 32 heavy (non-hydrogen) atoms. The topological polar surface area (TPSA) is 52.8 Å². The average Bonchev–Trinajstić information content (AvgIpc) is 3.24. The van der Waals surface area contributed by atoms with Crippen molar-refractivity contribution in [2.45, 2.75) is 13.5 Å². The minimum atomic E-state index is -0.439. The number of pyridine rings is 1. The van der Waals surface area contributed by atoms with Crippen molar-refractivity contribution in [1.82, 2.24) is 9.38 Å². The quantitative estimate of drug-likeness (QED) is 0.319. The third-order valence-electron chi connectivity index (χ3n) is 5.33. The molecular formula is C27H22N2O3. The SMILES string of the molecule is CCOC(=O)c1nc2cc(OCc3ccccc3)c3ccccc3n2c1-c1ccccc1. The van der Waals surface area contributed by atoms with Gasteiger partial charge in [-0.2, -0.15) is 0 Å². The zero-order chi connectivity index (χ0) is 21.9. The average molecular weight is 422 g/mol. The van der Waals surface area contributed by atoms with Gasteiger partial charge in [-0.15, -0.1) is 0 Å². The number of hydrogen-bond donors (Lipinski definition) is 0. The van der Waals surface area contributed by atoms with Crippen LogP contribution in [-0.4, -0.2) is 22.0 Å². The summed E-state index contributed by atoms with van der Waals surface area (Å²) in [5.41, 5.74) is 4.53. The summed E-state index contributed by atoms with van der Waals surface area (Å²) in [5, 5.41) is 0.945. The van der Waals surface area contributed by atoms with Crippen LogP contribution in [0.3, 0.4) is 0 Å². The number of esters is 1. The third kappa shape index (κ3) is 3.58. The van der Waals surface area contributed by atoms with Crippen LogP contribution in [0, 0.1) is 0 Å². The van der Waals surface area contributed by atoms with E-state index in [4.69, 9.17) is 9.47 Å². The van der Waals surface area contributed by atoms with Gasteiger partial charge in [0.05, 0.1) is 17.8 Å². The highest BCUT2D eigenvalue weighted by molar-refractivity contribution is 5.99. The van der Waals surface area contributed by atoms with Crippen LogP contribution in [0.2, 0.25) is 0 Å². The van der Waals surface area contributed by atoms with Gasteiger partial charge in [0.2, 0.25) is 0 Å². The Hall–Kier alpha value is -4.12. The molecule has 0 amide bonds. The van der Waals surface area contributed by atoms with E-state index in [9.17, 15) is 4.79 Å². The van der Waals surface area contributed by atoms with Crippen molar-refractivity contribution in [3.05, 3.63) is 102 Å². The fourth-order valence-electron chi connectivity index (χ4n) is 3.91. The Morgan fingerprint density at radius 2 is 1.59 bits per heavy atom. The molecule has 0 N–H and O–H groups in total. The maximum Gasteiger partial charge on any atom is 0.359 e. The molecule has 0 aliphatic heterocycles. The highest BCUT2D eigenvalue weighted by atomic mass is 16.5. The molecule has 5 nitrogen and oxygen atoms in total. The number of para-hydroxylation sites is 1. The van der Waals surface area contributed by atoms with E-state index < -0.39 is 5.97 Å². The van der Waals surface area contributed by atoms with Gasteiger partial charge in [0.1, 0.15) is 18.0 Å². The molecule has 0 atom stereocenters. The largest absolute Gasteiger partial charge is 0.488 e. The number of ether oxygens (including phenoxy) is 2. The Bertz CT molecular complexity index is 1390. The first-order valence-corrected chi connectivity index (χ1v) is 10.6. The van der Waals surface area contributed by atoms with E-state index in [1.165, 1.54) is 0 Å². The molecule has 0 bridgehead atoms. The summed E-state index contributed by atoms with van der Waals surface area (Å²) >= 11 is 0. The minimum Gasteiger partial charge on any atom is -0.488 e. The molecule has 0 radical (unpaired) electrons. The highest BCUT2D eigenvalue weighted by Gasteiger charge is 2.23. The maximum absolute atomic E-state index is 12.8. The molecule has 0 aliphatic carbocycles. The Labute approximate surface area is 185 Å². The van der Waals surface area contributed by atoms with Gasteiger partial charge in [0, 0.05) is 17.0 Å². The zero-order valence-corrected chi connectivity index (χ0v) is 17.7. The number of benzene rings is 3. The Kier molecular flexibility index (Phi) is 5.30. The molecule has 158 valence electrons. The summed E-state index contributed by atoms with van der Waals surface area (Å²) in [5.74, 6) is 0.280. The Balaban J connectivity index is 1.73. The molecular weight excluding hydrogens is 400 g/mol. The maximum atomic E-state index is 12.8. The van der Waals surface area contributed by atoms with Crippen LogP contribution < -0.4 is 4.74 Å². The number of carbonyl (C=O) groups excluding carboxylic acids is 1. The highest BCUT2D eigenvalue weighted by Crippen LogP contribution is 2.34. The van der Waals surface area contributed by atoms with Crippen LogP contribution >= 0.6 is 0 Å². The van der Waals surface area contributed by atoms with Crippen molar-refractivity contribution in [3.63, 3.8) is 0 Å². The van der Waals surface area contributed by atoms with Crippen LogP contribution in [-0.2, 0) is 11.3 Å². The number of fused-ring (bicyclic) bond motifs is 3. The predicted octanol–water partition coefficient (Wildman–Crippen LogP) is 5.91. The predicted molar refractivity (Wildman–Crippen MR) is 125 cm³/mol. The first kappa shape index (κ1) is 19.8. The molecule has 0 fully saturated rings. The molecule has 3 aromatic carbocycles. The third-order valence-corrected chi connectivity index (χ3v) is 5.33. The van der Waals surface area contributed by atoms with Gasteiger partial charge < -0.3 is 9.47 Å². The van der Waals surface area contributed by atoms with Gasteiger partial charge >= 0.3 is 5.97 Å². The van der Waals surface area contributed by atoms with E-state index in [2.05, 4.69) is 4.98 Å². The summed E-state index contributed by atoms with van der Waals surface area (Å²) in [6.07, 6.45) is 0. The number of nitrogens with zero attached hydrogens (tertiary/aromatic N) is 2. The van der Waals surface area contributed by atoms with E-state index in [1.54, 1.807) is 6.92 Å². The van der Waals surface area contributed by atoms with Crippen molar-refractivity contribution < 1.29 is 14.3 Å². The summed E-state index contributed by atoms with van der Waals surface area (Å²) < 4.78 is 13.5. The summed E-state index contributed by atoms with van der Waals surface area (Å²) in [4.78, 5) is 17.5. The van der Waals surface area contributed by atoms with Crippen LogP contribution in [0.5, 0.6) is 5.75 Å². The fourth-order valence-corrected chi connectivity index (χ4v) is 3.91. The Morgan fingerprint density at radius 1 is 0.906 bits per heavy atom. The summed E-state index contributed by atoms with van der Waals surface area (Å²) in [7, 11) is 0. The van der Waals surface area contributed by atoms with E-state index in [1.807, 2.05) is 95.4 Å². The monoisotopic (exact) mass is 422 g/mol. The smallest absolute Gasteiger partial charge is 0.359 e. The van der Waals surface area contributed by atoms with E-state index in [-0.39, 0.29) is 6.61 Å². The van der Waals surface area contributed by atoms with Gasteiger partial charge in [-0.1, -0.05) is 72.8 Å². The van der Waals surface area contributed by atoms with Crippen molar-refractivity contribution in [1.29, 1.82) is 0 Å². The van der Waals surface area contributed by atoms with Gasteiger partial charge in [0.25, 0.3) is 0 Å². The molecule has 0 saturated heterocycles. The van der Waals surface area contributed by atoms with Crippen LogP contribution in [0.1, 0.15) is 23.0 Å². The lowest BCUT2D eigenvalue weighted by atomic mass is 10.1. The van der Waals surface area contributed by atoms with E-state index >= 15 is 0 Å². The lowest BCUT2D eigenvalue weighted by Crippen LogP contribution is -2.07. The molecule has 5 heteroatoms. The van der Waals surface area contributed by atoms with Gasteiger partial charge in [-0.05, 0) is 24.6 Å². The lowest BCUT2D eigenvalue weighted by Gasteiger charge is -2.13. The van der Waals surface area contributed by atoms with E-state index in [0.29, 0.717) is 23.6 Å². The zero-order valence-electron chi connectivity index (χ0n) is 17.7. The van der Waals surface area contributed by atoms with Gasteiger partial charge in [-0.25, -0.2) is 9.78 Å². The van der Waals surface area contributed by atoms with Crippen LogP contribution in [0.25, 0.3) is 27.8 Å². The molecule has 5 aromatic rings. The summed E-state index contributed by atoms with van der Waals surface area (Å²) in [6.45, 7) is 2.52. The van der Waals surface area contributed by atoms with Gasteiger partial charge in [0.15, 0.2) is 5.69 Å². The van der Waals surface area contributed by atoms with E-state index in [0.717, 1.165) is 27.8 Å². The molecule has 2 heterocycles. The summed E-state index contributed by atoms with van der Waals surface area (Å²) in [6, 6.07) is 29.7. The molecule has 0 saturated carbocycles. The van der Waals surface area contributed by atoms with Gasteiger partial charge in [-0.3, -0.25) is 4.40 Å². The lowest BCUT2D eigenvalue weighted by molar-refractivity contribution is 0.0521. The second-order valence-electron chi connectivity index (χ2n) is 7.39. The first-order valence-electron chi connectivity index (χ1n) is 10.6. The second-order valence-corrected chi connectivity index (χ2v) is 7.39. The standard InChI is InChI=1S/C27H22N2O3/c1-2-31-27(30)25-26(20-13-7-4-8-14-20)29-22-16-10-9-15-21(22)23(17-24(29)28-25)32-18-19-11-5-3-6-12-19/h3-17H,2,18H2,1H3. The Morgan fingerprint density at radius 3 is 2.34 bits per heavy atom. The van der Waals surface area contributed by atoms with Crippen molar-refractivity contribution >= 4 is 22.5 Å². The fraction of sp³-hybridized carbons (Fsp3) is 0.111. The first-order chi connectivity index (χ1) is 15.8. The minimum absolute atomic E-state index is 0.285. The number of imidazole rings is 1. The number of aromatic nitrogens is 2. The second kappa shape index (κ2) is 8.55. The van der Waals surface area contributed by atoms with Crippen LogP contribution in [0.4, 0.5) is 0 Å². The molecule has 5 rings (SSSR count). The molecule has 2 aromatic heterocycles. The number of rotatable bonds is 6. The number of carbonyl (C=O) groups is 1. The molecule has 0 unspecified atom stereocenters. The number of hydrogen-bond acceptors (Lipinski definition) is 4. The van der Waals surface area contributed by atoms with Crippen molar-refractivity contribution in [3.8, 4) is 17.0 Å². The normalized spacial score (nSPS) is 11.0. The molecule has 0 spiro atoms. The molecule has 0 aliphatic rings. The van der Waals surface area contributed by atoms with Crippen molar-refractivity contribution in [2.75, 3.05) is 6.61 Å².